The average Bonchev–Trinajstić information content (AvgIpc) is 2.76. The third kappa shape index (κ3) is 6.33. The molecular weight excluding hydrogens is 388 g/mol. The van der Waals surface area contributed by atoms with Crippen molar-refractivity contribution in [3.63, 3.8) is 0 Å². The minimum atomic E-state index is -0.277. The standard InChI is InChI=1S/C22H21ClN4O2/c23-20-7-2-1-6-19(20)15-27-22(29)26-14-17-5-3-4-16(12-17)13-25-21(28)18-8-10-24-11-9-18/h1-12H,13-15H2,(H,25,28)(H2,26,27,29). The van der Waals surface area contributed by atoms with Crippen molar-refractivity contribution in [2.45, 2.75) is 19.6 Å². The van der Waals surface area contributed by atoms with Gasteiger partial charge >= 0.3 is 6.03 Å². The van der Waals surface area contributed by atoms with Crippen molar-refractivity contribution in [3.8, 4) is 0 Å². The summed E-state index contributed by atoms with van der Waals surface area (Å²) >= 11 is 6.08. The highest BCUT2D eigenvalue weighted by Gasteiger charge is 2.06. The number of halogens is 1. The Bertz CT molecular complexity index is 979. The first kappa shape index (κ1) is 20.4. The van der Waals surface area contributed by atoms with Gasteiger partial charge in [-0.15, -0.1) is 0 Å². The third-order valence-corrected chi connectivity index (χ3v) is 4.61. The third-order valence-electron chi connectivity index (χ3n) is 4.24. The SMILES string of the molecule is O=C(NCc1cccc(CNC(=O)c2ccncc2)c1)NCc1ccccc1Cl. The monoisotopic (exact) mass is 408 g/mol. The molecular formula is C22H21ClN4O2. The molecule has 0 saturated heterocycles. The van der Waals surface area contributed by atoms with Crippen LogP contribution in [0.4, 0.5) is 4.79 Å². The minimum absolute atomic E-state index is 0.158. The maximum absolute atomic E-state index is 12.1. The highest BCUT2D eigenvalue weighted by atomic mass is 35.5. The lowest BCUT2D eigenvalue weighted by molar-refractivity contribution is 0.0950. The molecule has 0 fully saturated rings. The van der Waals surface area contributed by atoms with E-state index >= 15 is 0 Å². The highest BCUT2D eigenvalue weighted by Crippen LogP contribution is 2.14. The second-order valence-corrected chi connectivity index (χ2v) is 6.77. The van der Waals surface area contributed by atoms with E-state index in [4.69, 9.17) is 11.6 Å². The van der Waals surface area contributed by atoms with E-state index in [0.29, 0.717) is 30.2 Å². The van der Waals surface area contributed by atoms with Crippen LogP contribution in [0.25, 0.3) is 0 Å². The lowest BCUT2D eigenvalue weighted by Gasteiger charge is -2.10. The predicted octanol–water partition coefficient (Wildman–Crippen LogP) is 3.66. The second kappa shape index (κ2) is 10.2. The number of nitrogens with one attached hydrogen (secondary N) is 3. The van der Waals surface area contributed by atoms with E-state index in [1.165, 1.54) is 0 Å². The molecule has 6 nitrogen and oxygen atoms in total. The van der Waals surface area contributed by atoms with Crippen molar-refractivity contribution < 1.29 is 9.59 Å². The summed E-state index contributed by atoms with van der Waals surface area (Å²) in [7, 11) is 0. The molecule has 3 amide bonds. The molecule has 0 aliphatic carbocycles. The number of hydrogen-bond donors (Lipinski definition) is 3. The van der Waals surface area contributed by atoms with Crippen LogP contribution < -0.4 is 16.0 Å². The van der Waals surface area contributed by atoms with Crippen LogP contribution in [-0.4, -0.2) is 16.9 Å². The maximum atomic E-state index is 12.1. The number of urea groups is 1. The van der Waals surface area contributed by atoms with Gasteiger partial charge in [-0.1, -0.05) is 54.1 Å². The molecule has 0 atom stereocenters. The van der Waals surface area contributed by atoms with Crippen molar-refractivity contribution in [1.82, 2.24) is 20.9 Å². The van der Waals surface area contributed by atoms with Crippen molar-refractivity contribution in [1.29, 1.82) is 0 Å². The molecule has 0 aliphatic heterocycles. The van der Waals surface area contributed by atoms with Crippen LogP contribution in [0, 0.1) is 0 Å². The molecule has 1 aromatic heterocycles. The highest BCUT2D eigenvalue weighted by molar-refractivity contribution is 6.31. The fourth-order valence-electron chi connectivity index (χ4n) is 2.70. The summed E-state index contributed by atoms with van der Waals surface area (Å²) in [5.41, 5.74) is 3.31. The fourth-order valence-corrected chi connectivity index (χ4v) is 2.90. The Kier molecular flexibility index (Phi) is 7.19. The molecule has 3 rings (SSSR count). The Morgan fingerprint density at radius 1 is 0.793 bits per heavy atom. The summed E-state index contributed by atoms with van der Waals surface area (Å²) in [6, 6.07) is 18.1. The van der Waals surface area contributed by atoms with Crippen LogP contribution in [0.2, 0.25) is 5.02 Å². The van der Waals surface area contributed by atoms with Crippen molar-refractivity contribution in [2.75, 3.05) is 0 Å². The van der Waals surface area contributed by atoms with E-state index in [2.05, 4.69) is 20.9 Å². The Morgan fingerprint density at radius 3 is 2.17 bits per heavy atom. The van der Waals surface area contributed by atoms with Gasteiger partial charge in [0.05, 0.1) is 0 Å². The van der Waals surface area contributed by atoms with E-state index in [1.807, 2.05) is 42.5 Å². The zero-order valence-corrected chi connectivity index (χ0v) is 16.4. The fraction of sp³-hybridized carbons (Fsp3) is 0.136. The Morgan fingerprint density at radius 2 is 1.45 bits per heavy atom. The molecule has 0 aliphatic rings. The quantitative estimate of drug-likeness (QED) is 0.557. The van der Waals surface area contributed by atoms with E-state index < -0.39 is 0 Å². The lowest BCUT2D eigenvalue weighted by atomic mass is 10.1. The van der Waals surface area contributed by atoms with Crippen molar-refractivity contribution >= 4 is 23.5 Å². The number of pyridine rings is 1. The first-order valence-corrected chi connectivity index (χ1v) is 9.51. The minimum Gasteiger partial charge on any atom is -0.348 e. The predicted molar refractivity (Wildman–Crippen MR) is 112 cm³/mol. The first-order valence-electron chi connectivity index (χ1n) is 9.13. The summed E-state index contributed by atoms with van der Waals surface area (Å²) in [5, 5.41) is 9.10. The molecule has 7 heteroatoms. The smallest absolute Gasteiger partial charge is 0.315 e. The van der Waals surface area contributed by atoms with E-state index in [9.17, 15) is 9.59 Å². The number of nitrogens with zero attached hydrogens (tertiary/aromatic N) is 1. The molecule has 0 saturated carbocycles. The topological polar surface area (TPSA) is 83.1 Å². The second-order valence-electron chi connectivity index (χ2n) is 6.37. The number of hydrogen-bond acceptors (Lipinski definition) is 3. The summed E-state index contributed by atoms with van der Waals surface area (Å²) < 4.78 is 0. The van der Waals surface area contributed by atoms with Gasteiger partial charge in [0.25, 0.3) is 5.91 Å². The van der Waals surface area contributed by atoms with Gasteiger partial charge in [-0.2, -0.15) is 0 Å². The summed E-state index contributed by atoms with van der Waals surface area (Å²) in [5.74, 6) is -0.158. The molecule has 0 radical (unpaired) electrons. The van der Waals surface area contributed by atoms with Gasteiger partial charge in [-0.3, -0.25) is 9.78 Å². The zero-order valence-electron chi connectivity index (χ0n) is 15.7. The van der Waals surface area contributed by atoms with Crippen LogP contribution in [0.1, 0.15) is 27.0 Å². The van der Waals surface area contributed by atoms with Gasteiger partial charge < -0.3 is 16.0 Å². The van der Waals surface area contributed by atoms with E-state index in [-0.39, 0.29) is 11.9 Å². The van der Waals surface area contributed by atoms with Crippen molar-refractivity contribution in [2.24, 2.45) is 0 Å². The number of amides is 3. The maximum Gasteiger partial charge on any atom is 0.315 e. The number of aromatic nitrogens is 1. The number of carbonyl (C=O) groups is 2. The molecule has 0 spiro atoms. The van der Waals surface area contributed by atoms with Crippen LogP contribution >= 0.6 is 11.6 Å². The molecule has 3 N–H and O–H groups in total. The molecule has 2 aromatic carbocycles. The van der Waals surface area contributed by atoms with E-state index in [0.717, 1.165) is 16.7 Å². The zero-order chi connectivity index (χ0) is 20.5. The molecule has 148 valence electrons. The summed E-state index contributed by atoms with van der Waals surface area (Å²) in [6.07, 6.45) is 3.16. The normalized spacial score (nSPS) is 10.2. The van der Waals surface area contributed by atoms with Crippen molar-refractivity contribution in [3.05, 3.63) is 100 Å². The number of carbonyl (C=O) groups excluding carboxylic acids is 2. The Labute approximate surface area is 174 Å². The molecule has 0 unspecified atom stereocenters. The van der Waals surface area contributed by atoms with Gasteiger partial charge in [0.2, 0.25) is 0 Å². The van der Waals surface area contributed by atoms with Crippen LogP contribution in [0.15, 0.2) is 73.1 Å². The van der Waals surface area contributed by atoms with Crippen LogP contribution in [-0.2, 0) is 19.6 Å². The molecule has 3 aromatic rings. The first-order chi connectivity index (χ1) is 14.1. The summed E-state index contributed by atoms with van der Waals surface area (Å²) in [4.78, 5) is 28.0. The number of rotatable bonds is 7. The molecule has 0 bridgehead atoms. The molecule has 29 heavy (non-hydrogen) atoms. The van der Waals surface area contributed by atoms with Gasteiger partial charge in [0.1, 0.15) is 0 Å². The molecule has 1 heterocycles. The van der Waals surface area contributed by atoms with Gasteiger partial charge in [-0.05, 0) is 34.9 Å². The largest absolute Gasteiger partial charge is 0.348 e. The van der Waals surface area contributed by atoms with E-state index in [1.54, 1.807) is 30.6 Å². The lowest BCUT2D eigenvalue weighted by Crippen LogP contribution is -2.34. The van der Waals surface area contributed by atoms with Gasteiger partial charge in [0, 0.05) is 42.6 Å². The van der Waals surface area contributed by atoms with Crippen LogP contribution in [0.3, 0.4) is 0 Å². The summed E-state index contributed by atoms with van der Waals surface area (Å²) in [6.45, 7) is 1.13. The average molecular weight is 409 g/mol. The van der Waals surface area contributed by atoms with Gasteiger partial charge in [0.15, 0.2) is 0 Å². The number of benzene rings is 2. The Balaban J connectivity index is 1.46. The Hall–Kier alpha value is -3.38. The van der Waals surface area contributed by atoms with Gasteiger partial charge in [-0.25, -0.2) is 4.79 Å². The van der Waals surface area contributed by atoms with Crippen LogP contribution in [0.5, 0.6) is 0 Å².